The van der Waals surface area contributed by atoms with Crippen molar-refractivity contribution in [2.75, 3.05) is 0 Å². The largest absolute Gasteiger partial charge is 0.365 e. The molecule has 31 heavy (non-hydrogen) atoms. The van der Waals surface area contributed by atoms with E-state index in [1.54, 1.807) is 16.5 Å². The standard InChI is InChI=1S/C21H22ClF3N4O2/c1-11-7-29-15(8-28(11)16(30)6-20(2)9-21(24,25)10-20)17(19(26)31)18(27-29)12-3-4-14(23)13(22)5-12/h3-5,11H,6-10H2,1-2H3,(H2,26,31). The van der Waals surface area contributed by atoms with Gasteiger partial charge in [0.1, 0.15) is 11.5 Å². The van der Waals surface area contributed by atoms with E-state index in [2.05, 4.69) is 5.10 Å². The molecule has 2 aliphatic rings. The van der Waals surface area contributed by atoms with Gasteiger partial charge in [-0.05, 0) is 30.5 Å². The molecule has 2 aromatic rings. The normalized spacial score (nSPS) is 21.4. The van der Waals surface area contributed by atoms with E-state index >= 15 is 0 Å². The molecule has 1 saturated carbocycles. The number of hydrogen-bond donors (Lipinski definition) is 1. The van der Waals surface area contributed by atoms with Crippen LogP contribution in [0.4, 0.5) is 13.2 Å². The van der Waals surface area contributed by atoms with Crippen molar-refractivity contribution >= 4 is 23.4 Å². The van der Waals surface area contributed by atoms with Gasteiger partial charge in [0.25, 0.3) is 5.91 Å². The molecule has 0 radical (unpaired) electrons. The summed E-state index contributed by atoms with van der Waals surface area (Å²) in [6.45, 7) is 3.90. The van der Waals surface area contributed by atoms with E-state index in [0.717, 1.165) is 0 Å². The fraction of sp³-hybridized carbons (Fsp3) is 0.476. The Kier molecular flexibility index (Phi) is 5.07. The maximum Gasteiger partial charge on any atom is 0.252 e. The first-order valence-corrected chi connectivity index (χ1v) is 10.3. The molecular formula is C21H22ClF3N4O2. The summed E-state index contributed by atoms with van der Waals surface area (Å²) in [5.41, 5.74) is 6.16. The van der Waals surface area contributed by atoms with Crippen LogP contribution in [0, 0.1) is 11.2 Å². The number of nitrogens with zero attached hydrogens (tertiary/aromatic N) is 3. The molecule has 0 saturated heterocycles. The molecule has 166 valence electrons. The number of halogens is 4. The number of carbonyl (C=O) groups is 2. The Balaban J connectivity index is 1.64. The number of primary amides is 1. The predicted octanol–water partition coefficient (Wildman–Crippen LogP) is 4.00. The van der Waals surface area contributed by atoms with Gasteiger partial charge in [-0.15, -0.1) is 0 Å². The molecule has 1 aliphatic carbocycles. The van der Waals surface area contributed by atoms with Gasteiger partial charge < -0.3 is 10.6 Å². The van der Waals surface area contributed by atoms with Gasteiger partial charge in [-0.25, -0.2) is 13.2 Å². The van der Waals surface area contributed by atoms with Gasteiger partial charge in [0.2, 0.25) is 11.8 Å². The van der Waals surface area contributed by atoms with Gasteiger partial charge in [0.05, 0.1) is 29.4 Å². The second kappa shape index (κ2) is 7.25. The SMILES string of the molecule is CC1Cn2nc(-c3ccc(F)c(Cl)c3)c(C(N)=O)c2CN1C(=O)CC1(C)CC(F)(F)C1. The molecule has 1 atom stereocenters. The number of amides is 2. The number of carbonyl (C=O) groups excluding carboxylic acids is 2. The van der Waals surface area contributed by atoms with Crippen molar-refractivity contribution in [3.8, 4) is 11.3 Å². The molecule has 2 heterocycles. The van der Waals surface area contributed by atoms with Crippen LogP contribution in [0.1, 0.15) is 49.2 Å². The highest BCUT2D eigenvalue weighted by molar-refractivity contribution is 6.31. The number of rotatable bonds is 4. The van der Waals surface area contributed by atoms with E-state index < -0.39 is 23.1 Å². The highest BCUT2D eigenvalue weighted by atomic mass is 35.5. The summed E-state index contributed by atoms with van der Waals surface area (Å²) in [5.74, 6) is -4.30. The highest BCUT2D eigenvalue weighted by Crippen LogP contribution is 2.54. The minimum absolute atomic E-state index is 0.00734. The van der Waals surface area contributed by atoms with E-state index in [9.17, 15) is 22.8 Å². The van der Waals surface area contributed by atoms with Crippen molar-refractivity contribution in [2.45, 2.75) is 58.2 Å². The molecular weight excluding hydrogens is 433 g/mol. The fourth-order valence-corrected chi connectivity index (χ4v) is 4.88. The molecule has 1 aliphatic heterocycles. The lowest BCUT2D eigenvalue weighted by Crippen LogP contribution is -2.50. The Bertz CT molecular complexity index is 1080. The van der Waals surface area contributed by atoms with E-state index in [0.29, 0.717) is 17.8 Å². The topological polar surface area (TPSA) is 81.2 Å². The summed E-state index contributed by atoms with van der Waals surface area (Å²) in [7, 11) is 0. The third-order valence-corrected chi connectivity index (χ3v) is 6.35. The van der Waals surface area contributed by atoms with Crippen molar-refractivity contribution in [2.24, 2.45) is 11.1 Å². The summed E-state index contributed by atoms with van der Waals surface area (Å²) >= 11 is 5.88. The number of fused-ring (bicyclic) bond motifs is 1. The number of aromatic nitrogens is 2. The van der Waals surface area contributed by atoms with Crippen molar-refractivity contribution in [1.82, 2.24) is 14.7 Å². The monoisotopic (exact) mass is 454 g/mol. The van der Waals surface area contributed by atoms with E-state index in [1.165, 1.54) is 18.2 Å². The second-order valence-corrected chi connectivity index (χ2v) is 9.32. The summed E-state index contributed by atoms with van der Waals surface area (Å²) in [5, 5.41) is 4.36. The molecule has 0 spiro atoms. The summed E-state index contributed by atoms with van der Waals surface area (Å²) in [4.78, 5) is 26.8. The second-order valence-electron chi connectivity index (χ2n) is 8.91. The van der Waals surface area contributed by atoms with Gasteiger partial charge in [0, 0.05) is 30.9 Å². The summed E-state index contributed by atoms with van der Waals surface area (Å²) in [6.07, 6.45) is -0.616. The van der Waals surface area contributed by atoms with Gasteiger partial charge in [-0.3, -0.25) is 14.3 Å². The van der Waals surface area contributed by atoms with Gasteiger partial charge >= 0.3 is 0 Å². The number of benzene rings is 1. The molecule has 2 amide bonds. The van der Waals surface area contributed by atoms with Crippen LogP contribution < -0.4 is 5.73 Å². The van der Waals surface area contributed by atoms with Crippen LogP contribution >= 0.6 is 11.6 Å². The maximum absolute atomic E-state index is 13.6. The minimum Gasteiger partial charge on any atom is -0.365 e. The zero-order chi connectivity index (χ0) is 22.7. The number of nitrogens with two attached hydrogens (primary N) is 1. The molecule has 1 aromatic heterocycles. The van der Waals surface area contributed by atoms with Crippen LogP contribution in [0.2, 0.25) is 5.02 Å². The van der Waals surface area contributed by atoms with Crippen molar-refractivity contribution in [1.29, 1.82) is 0 Å². The van der Waals surface area contributed by atoms with Crippen LogP contribution in [0.15, 0.2) is 18.2 Å². The summed E-state index contributed by atoms with van der Waals surface area (Å²) < 4.78 is 41.9. The van der Waals surface area contributed by atoms with Crippen molar-refractivity contribution < 1.29 is 22.8 Å². The third-order valence-electron chi connectivity index (χ3n) is 6.06. The molecule has 2 N–H and O–H groups in total. The Morgan fingerprint density at radius 3 is 2.58 bits per heavy atom. The lowest BCUT2D eigenvalue weighted by atomic mass is 9.65. The Morgan fingerprint density at radius 1 is 1.32 bits per heavy atom. The molecule has 0 bridgehead atoms. The number of alkyl halides is 2. The molecule has 1 fully saturated rings. The Hall–Kier alpha value is -2.55. The highest BCUT2D eigenvalue weighted by Gasteiger charge is 2.54. The van der Waals surface area contributed by atoms with Crippen LogP contribution in [0.25, 0.3) is 11.3 Å². The zero-order valence-corrected chi connectivity index (χ0v) is 17.8. The van der Waals surface area contributed by atoms with Crippen LogP contribution in [0.3, 0.4) is 0 Å². The quantitative estimate of drug-likeness (QED) is 0.758. The molecule has 10 heteroatoms. The average Bonchev–Trinajstić information content (AvgIpc) is 2.99. The maximum atomic E-state index is 13.6. The predicted molar refractivity (Wildman–Crippen MR) is 108 cm³/mol. The van der Waals surface area contributed by atoms with Crippen molar-refractivity contribution in [3.63, 3.8) is 0 Å². The van der Waals surface area contributed by atoms with Crippen molar-refractivity contribution in [3.05, 3.63) is 40.3 Å². The first-order chi connectivity index (χ1) is 14.4. The number of hydrogen-bond acceptors (Lipinski definition) is 3. The Morgan fingerprint density at radius 2 is 2.00 bits per heavy atom. The molecule has 4 rings (SSSR count). The lowest BCUT2D eigenvalue weighted by Gasteiger charge is -2.46. The van der Waals surface area contributed by atoms with Gasteiger partial charge in [-0.1, -0.05) is 18.5 Å². The van der Waals surface area contributed by atoms with E-state index in [1.807, 2.05) is 6.92 Å². The first-order valence-electron chi connectivity index (χ1n) is 9.91. The molecule has 6 nitrogen and oxygen atoms in total. The third kappa shape index (κ3) is 3.91. The van der Waals surface area contributed by atoms with Crippen LogP contribution in [0.5, 0.6) is 0 Å². The van der Waals surface area contributed by atoms with E-state index in [4.69, 9.17) is 17.3 Å². The van der Waals surface area contributed by atoms with Gasteiger partial charge in [-0.2, -0.15) is 5.10 Å². The zero-order valence-electron chi connectivity index (χ0n) is 17.1. The minimum atomic E-state index is -2.72. The first kappa shape index (κ1) is 21.7. The molecule has 1 aromatic carbocycles. The van der Waals surface area contributed by atoms with Gasteiger partial charge in [0.15, 0.2) is 0 Å². The smallest absolute Gasteiger partial charge is 0.252 e. The van der Waals surface area contributed by atoms with Crippen LogP contribution in [-0.2, 0) is 17.9 Å². The van der Waals surface area contributed by atoms with Crippen LogP contribution in [-0.4, -0.2) is 38.5 Å². The van der Waals surface area contributed by atoms with E-state index in [-0.39, 0.29) is 54.0 Å². The summed E-state index contributed by atoms with van der Waals surface area (Å²) in [6, 6.07) is 3.73. The fourth-order valence-electron chi connectivity index (χ4n) is 4.70. The average molecular weight is 455 g/mol. The Labute approximate surface area is 182 Å². The lowest BCUT2D eigenvalue weighted by molar-refractivity contribution is -0.167. The molecule has 1 unspecified atom stereocenters.